The van der Waals surface area contributed by atoms with E-state index in [1.807, 2.05) is 6.07 Å². The molecule has 23 rings (SSSR count). The summed E-state index contributed by atoms with van der Waals surface area (Å²) in [5.74, 6) is 0. The third kappa shape index (κ3) is 12.2. The van der Waals surface area contributed by atoms with Gasteiger partial charge in [-0.2, -0.15) is 0 Å². The van der Waals surface area contributed by atoms with Crippen LogP contribution in [-0.4, -0.2) is 9.97 Å². The number of nitrogens with zero attached hydrogens (tertiary/aromatic N) is 4. The molecule has 5 heterocycles. The number of anilines is 6. The highest BCUT2D eigenvalue weighted by Crippen LogP contribution is 2.49. The highest BCUT2D eigenvalue weighted by molar-refractivity contribution is 7.22. The monoisotopic (exact) mass is 1530 g/mol. The second-order valence-corrected chi connectivity index (χ2v) is 32.0. The molecule has 117 heavy (non-hydrogen) atoms. The fourth-order valence-corrected chi connectivity index (χ4v) is 19.1. The molecule has 7 nitrogen and oxygen atoms in total. The summed E-state index contributed by atoms with van der Waals surface area (Å²) in [6.45, 7) is 0. The summed E-state index contributed by atoms with van der Waals surface area (Å²) in [5, 5.41) is 10.6. The Morgan fingerprint density at radius 3 is 1.24 bits per heavy atom. The molecule has 0 saturated heterocycles. The first-order valence-electron chi connectivity index (χ1n) is 39.3. The molecule has 23 aromatic rings. The minimum Gasteiger partial charge on any atom is -0.456 e. The van der Waals surface area contributed by atoms with Crippen molar-refractivity contribution < 1.29 is 13.3 Å². The molecular formula is C108H66N4O3S2. The molecule has 0 spiro atoms. The first kappa shape index (κ1) is 67.7. The molecule has 0 radical (unpaired) electrons. The van der Waals surface area contributed by atoms with Crippen LogP contribution in [0.3, 0.4) is 0 Å². The Balaban J connectivity index is 0.568. The molecule has 18 aromatic carbocycles. The minimum absolute atomic E-state index is 0.802. The Hall–Kier alpha value is -15.0. The summed E-state index contributed by atoms with van der Waals surface area (Å²) in [4.78, 5) is 15.1. The van der Waals surface area contributed by atoms with Gasteiger partial charge in [0.25, 0.3) is 0 Å². The van der Waals surface area contributed by atoms with Gasteiger partial charge in [-0.05, 0) is 217 Å². The van der Waals surface area contributed by atoms with Crippen LogP contribution < -0.4 is 9.80 Å². The highest BCUT2D eigenvalue weighted by Gasteiger charge is 2.25. The summed E-state index contributed by atoms with van der Waals surface area (Å²) in [5.41, 5.74) is 30.7. The van der Waals surface area contributed by atoms with Crippen molar-refractivity contribution in [1.82, 2.24) is 9.97 Å². The van der Waals surface area contributed by atoms with Crippen molar-refractivity contribution in [2.45, 2.75) is 0 Å². The number of hydrogen-bond acceptors (Lipinski definition) is 9. The third-order valence-corrected chi connectivity index (χ3v) is 25.0. The maximum Gasteiger partial charge on any atom is 0.137 e. The van der Waals surface area contributed by atoms with E-state index < -0.39 is 0 Å². The van der Waals surface area contributed by atoms with Crippen LogP contribution in [0.25, 0.3) is 196 Å². The molecule has 0 N–H and O–H groups in total. The van der Waals surface area contributed by atoms with Crippen molar-refractivity contribution >= 4 is 154 Å². The van der Waals surface area contributed by atoms with Gasteiger partial charge in [0.15, 0.2) is 0 Å². The third-order valence-electron chi connectivity index (χ3n) is 22.9. The van der Waals surface area contributed by atoms with Gasteiger partial charge in [0.1, 0.15) is 43.5 Å². The molecule has 0 amide bonds. The van der Waals surface area contributed by atoms with E-state index in [9.17, 15) is 0 Å². The standard InChI is InChI=1S/C108H66N4O3S2/c1-6-19-67(20-7-1)70-33-42-82(43-34-70)111(84-46-37-69-23-16-17-30-76(69)56-84)85-47-51-87(90(61-85)72-24-10-3-11-25-72)80-39-50-89-95-64-106-97(66-104(95)115-102(89)60-80)110-108(117-106)81-32-18-31-75(55-81)78-41-53-99-92(58-78)93-62-86(48-54-100(93)113-99)112(83-44-35-71(36-45-83)68-21-8-2-9-22-68)98-52-40-77(57-91(98)73-26-12-4-13-27-73)79-38-49-88-94-63-105-96(65-103(94)114-101(88)59-79)109-107(116-105)74-28-14-5-15-29-74/h1-66H. The molecule has 0 saturated carbocycles. The van der Waals surface area contributed by atoms with E-state index in [4.69, 9.17) is 23.2 Å². The van der Waals surface area contributed by atoms with E-state index in [1.54, 1.807) is 22.7 Å². The fourth-order valence-electron chi connectivity index (χ4n) is 17.1. The lowest BCUT2D eigenvalue weighted by atomic mass is 9.93. The van der Waals surface area contributed by atoms with E-state index >= 15 is 0 Å². The Morgan fingerprint density at radius 2 is 0.598 bits per heavy atom. The van der Waals surface area contributed by atoms with Gasteiger partial charge in [-0.15, -0.1) is 22.7 Å². The zero-order valence-electron chi connectivity index (χ0n) is 62.9. The molecule has 0 unspecified atom stereocenters. The fraction of sp³-hybridized carbons (Fsp3) is 0. The normalized spacial score (nSPS) is 11.8. The van der Waals surface area contributed by atoms with Crippen molar-refractivity contribution in [2.75, 3.05) is 9.80 Å². The Morgan fingerprint density at radius 1 is 0.197 bits per heavy atom. The van der Waals surface area contributed by atoms with Crippen LogP contribution in [0.2, 0.25) is 0 Å². The molecule has 548 valence electrons. The first-order chi connectivity index (χ1) is 57.9. The lowest BCUT2D eigenvalue weighted by molar-refractivity contribution is 0.668. The van der Waals surface area contributed by atoms with E-state index in [0.29, 0.717) is 0 Å². The number of benzene rings is 18. The summed E-state index contributed by atoms with van der Waals surface area (Å²) in [6, 6.07) is 144. The van der Waals surface area contributed by atoms with Gasteiger partial charge in [-0.25, -0.2) is 9.97 Å². The van der Waals surface area contributed by atoms with Gasteiger partial charge in [0, 0.05) is 89.6 Å². The molecule has 5 aromatic heterocycles. The summed E-state index contributed by atoms with van der Waals surface area (Å²) < 4.78 is 22.6. The van der Waals surface area contributed by atoms with Gasteiger partial charge in [0.2, 0.25) is 0 Å². The van der Waals surface area contributed by atoms with Crippen molar-refractivity contribution in [1.29, 1.82) is 0 Å². The lowest BCUT2D eigenvalue weighted by Gasteiger charge is -2.28. The Bertz CT molecular complexity index is 7810. The number of fused-ring (bicyclic) bond motifs is 12. The van der Waals surface area contributed by atoms with Crippen LogP contribution in [-0.2, 0) is 0 Å². The number of hydrogen-bond donors (Lipinski definition) is 0. The van der Waals surface area contributed by atoms with Crippen LogP contribution in [0.4, 0.5) is 34.1 Å². The maximum absolute atomic E-state index is 6.88. The SMILES string of the molecule is c1ccc(-c2ccc(N(c3ccc(-c4ccc5c(c4)oc4cc6nc(-c7cccc(-c8ccc9oc%10ccc(N(c%11ccc(-c%12ccccc%12)cc%11)c%11ccc(-c%12ccc%13c(c%12)oc%12cc%14nc(-c%15ccccc%15)sc%14cc%12%13)cc%11-c%11ccccc%11)cc%10c9c8)c7)sc6cc45)c(-c4ccccc4)c3)c3ccc4ccccc4c3)cc2)cc1. The zero-order chi connectivity index (χ0) is 77.0. The van der Waals surface area contributed by atoms with Gasteiger partial charge in [-0.3, -0.25) is 0 Å². The van der Waals surface area contributed by atoms with Crippen LogP contribution in [0.15, 0.2) is 414 Å². The van der Waals surface area contributed by atoms with E-state index in [1.165, 1.54) is 21.9 Å². The zero-order valence-corrected chi connectivity index (χ0v) is 64.6. The first-order valence-corrected chi connectivity index (χ1v) is 41.0. The Kier molecular flexibility index (Phi) is 16.2. The topological polar surface area (TPSA) is 71.7 Å². The van der Waals surface area contributed by atoms with Gasteiger partial charge < -0.3 is 23.1 Å². The molecule has 0 aliphatic heterocycles. The molecule has 0 aliphatic carbocycles. The largest absolute Gasteiger partial charge is 0.456 e. The molecule has 9 heteroatoms. The van der Waals surface area contributed by atoms with Crippen LogP contribution in [0, 0.1) is 0 Å². The second-order valence-electron chi connectivity index (χ2n) is 30.0. The molecule has 0 aliphatic rings. The smallest absolute Gasteiger partial charge is 0.137 e. The average Bonchev–Trinajstić information content (AvgIpc) is 1.45. The van der Waals surface area contributed by atoms with Crippen LogP contribution in [0.1, 0.15) is 0 Å². The quantitative estimate of drug-likeness (QED) is 0.101. The summed E-state index contributed by atoms with van der Waals surface area (Å²) in [6.07, 6.45) is 0. The minimum atomic E-state index is 0.802. The Labute approximate surface area is 681 Å². The van der Waals surface area contributed by atoms with Gasteiger partial charge in [-0.1, -0.05) is 255 Å². The van der Waals surface area contributed by atoms with Crippen LogP contribution >= 0.6 is 22.7 Å². The van der Waals surface area contributed by atoms with E-state index in [2.05, 4.69) is 404 Å². The maximum atomic E-state index is 6.88. The van der Waals surface area contributed by atoms with Crippen molar-refractivity contribution in [3.8, 4) is 99.0 Å². The predicted molar refractivity (Wildman–Crippen MR) is 490 cm³/mol. The average molecular weight is 1530 g/mol. The number of furan rings is 3. The summed E-state index contributed by atoms with van der Waals surface area (Å²) in [7, 11) is 0. The van der Waals surface area contributed by atoms with Gasteiger partial charge >= 0.3 is 0 Å². The predicted octanol–water partition coefficient (Wildman–Crippen LogP) is 31.7. The number of rotatable bonds is 15. The number of thiazole rings is 2. The van der Waals surface area contributed by atoms with Crippen LogP contribution in [0.5, 0.6) is 0 Å². The molecule has 0 bridgehead atoms. The molecule has 0 atom stereocenters. The van der Waals surface area contributed by atoms with Gasteiger partial charge in [0.05, 0.1) is 26.1 Å². The second kappa shape index (κ2) is 28.0. The molecular weight excluding hydrogens is 1470 g/mol. The van der Waals surface area contributed by atoms with Crippen molar-refractivity contribution in [2.24, 2.45) is 0 Å². The summed E-state index contributed by atoms with van der Waals surface area (Å²) >= 11 is 3.42. The van der Waals surface area contributed by atoms with E-state index in [0.717, 1.165) is 208 Å². The number of aromatic nitrogens is 2. The van der Waals surface area contributed by atoms with E-state index in [-0.39, 0.29) is 0 Å². The highest BCUT2D eigenvalue weighted by atomic mass is 32.1. The van der Waals surface area contributed by atoms with Crippen molar-refractivity contribution in [3.05, 3.63) is 400 Å². The lowest BCUT2D eigenvalue weighted by Crippen LogP contribution is -2.11. The molecule has 0 fully saturated rings. The van der Waals surface area contributed by atoms with Crippen molar-refractivity contribution in [3.63, 3.8) is 0 Å².